The third-order valence-corrected chi connectivity index (χ3v) is 4.80. The lowest BCUT2D eigenvalue weighted by Crippen LogP contribution is -2.41. The van der Waals surface area contributed by atoms with Gasteiger partial charge in [0.25, 0.3) is 0 Å². The van der Waals surface area contributed by atoms with Crippen molar-refractivity contribution in [3.63, 3.8) is 0 Å². The molecule has 2 heterocycles. The lowest BCUT2D eigenvalue weighted by atomic mass is 9.79. The Morgan fingerprint density at radius 1 is 1.14 bits per heavy atom. The van der Waals surface area contributed by atoms with Crippen LogP contribution < -0.4 is 5.46 Å². The van der Waals surface area contributed by atoms with Gasteiger partial charge in [0.1, 0.15) is 5.82 Å². The molecule has 1 aromatic heterocycles. The fourth-order valence-electron chi connectivity index (χ4n) is 2.79. The monoisotopic (exact) mass is 286 g/mol. The molecule has 1 saturated heterocycles. The molecule has 0 unspecified atom stereocenters. The number of hydrogen-bond donors (Lipinski definition) is 0. The number of rotatable bonds is 2. The molecule has 0 saturated carbocycles. The molecule has 1 aliphatic rings. The van der Waals surface area contributed by atoms with Crippen LogP contribution in [0.15, 0.2) is 18.2 Å². The lowest BCUT2D eigenvalue weighted by molar-refractivity contribution is 0.00578. The summed E-state index contributed by atoms with van der Waals surface area (Å²) in [6.07, 6.45) is 0. The maximum absolute atomic E-state index is 6.11. The normalized spacial score (nSPS) is 20.4. The molecule has 1 aliphatic heterocycles. The van der Waals surface area contributed by atoms with Gasteiger partial charge in [-0.2, -0.15) is 0 Å². The number of fused-ring (bicyclic) bond motifs is 1. The number of benzene rings is 1. The number of aryl methyl sites for hydroxylation is 2. The first kappa shape index (κ1) is 14.6. The van der Waals surface area contributed by atoms with Crippen molar-refractivity contribution >= 4 is 23.6 Å². The molecule has 0 amide bonds. The van der Waals surface area contributed by atoms with Gasteiger partial charge in [-0.25, -0.2) is 4.98 Å². The fraction of sp³-hybridized carbons (Fsp3) is 0.562. The minimum Gasteiger partial charge on any atom is -0.399 e. The molecule has 1 aromatic carbocycles. The van der Waals surface area contributed by atoms with E-state index in [-0.39, 0.29) is 18.3 Å². The number of hydrogen-bond acceptors (Lipinski definition) is 3. The first-order valence-electron chi connectivity index (χ1n) is 7.57. The van der Waals surface area contributed by atoms with E-state index in [1.54, 1.807) is 0 Å². The summed E-state index contributed by atoms with van der Waals surface area (Å²) in [4.78, 5) is 4.64. The van der Waals surface area contributed by atoms with Crippen LogP contribution >= 0.6 is 0 Å². The number of imidazole rings is 1. The molecule has 0 aliphatic carbocycles. The molecule has 0 spiro atoms. The van der Waals surface area contributed by atoms with E-state index in [9.17, 15) is 0 Å². The summed E-state index contributed by atoms with van der Waals surface area (Å²) in [5.74, 6) is 1.04. The quantitative estimate of drug-likeness (QED) is 0.796. The molecule has 2 aromatic rings. The average molecular weight is 286 g/mol. The van der Waals surface area contributed by atoms with Crippen molar-refractivity contribution < 1.29 is 9.31 Å². The zero-order valence-electron chi connectivity index (χ0n) is 13.7. The smallest absolute Gasteiger partial charge is 0.399 e. The minimum absolute atomic E-state index is 0.314. The lowest BCUT2D eigenvalue weighted by Gasteiger charge is -2.32. The van der Waals surface area contributed by atoms with Gasteiger partial charge >= 0.3 is 7.12 Å². The molecule has 1 fully saturated rings. The van der Waals surface area contributed by atoms with E-state index >= 15 is 0 Å². The zero-order valence-corrected chi connectivity index (χ0v) is 13.7. The van der Waals surface area contributed by atoms with Crippen LogP contribution in [0.4, 0.5) is 0 Å². The molecular weight excluding hydrogens is 263 g/mol. The van der Waals surface area contributed by atoms with Crippen LogP contribution in [0.1, 0.15) is 40.4 Å². The Balaban J connectivity index is 2.00. The maximum Gasteiger partial charge on any atom is 0.494 e. The van der Waals surface area contributed by atoms with E-state index in [2.05, 4.69) is 62.4 Å². The summed E-state index contributed by atoms with van der Waals surface area (Å²) >= 11 is 0. The van der Waals surface area contributed by atoms with Crippen LogP contribution in [0.2, 0.25) is 0 Å². The van der Waals surface area contributed by atoms with Crippen LogP contribution in [-0.2, 0) is 15.9 Å². The van der Waals surface area contributed by atoms with E-state index in [1.807, 2.05) is 6.92 Å². The summed E-state index contributed by atoms with van der Waals surface area (Å²) in [6.45, 7) is 13.4. The second kappa shape index (κ2) is 4.58. The highest BCUT2D eigenvalue weighted by atomic mass is 16.7. The Hall–Kier alpha value is -1.33. The first-order chi connectivity index (χ1) is 9.75. The van der Waals surface area contributed by atoms with E-state index in [4.69, 9.17) is 9.31 Å². The van der Waals surface area contributed by atoms with Gasteiger partial charge in [-0.3, -0.25) is 0 Å². The Morgan fingerprint density at radius 2 is 1.76 bits per heavy atom. The van der Waals surface area contributed by atoms with E-state index < -0.39 is 0 Å². The molecule has 5 heteroatoms. The molecule has 112 valence electrons. The maximum atomic E-state index is 6.11. The Morgan fingerprint density at radius 3 is 2.33 bits per heavy atom. The van der Waals surface area contributed by atoms with Gasteiger partial charge in [-0.1, -0.05) is 6.07 Å². The fourth-order valence-corrected chi connectivity index (χ4v) is 2.79. The minimum atomic E-state index is -0.327. The van der Waals surface area contributed by atoms with Crippen molar-refractivity contribution in [3.8, 4) is 0 Å². The zero-order chi connectivity index (χ0) is 15.4. The van der Waals surface area contributed by atoms with Gasteiger partial charge in [0.05, 0.1) is 22.2 Å². The van der Waals surface area contributed by atoms with Gasteiger partial charge in [-0.15, -0.1) is 0 Å². The summed E-state index contributed by atoms with van der Waals surface area (Å²) in [5.41, 5.74) is 2.56. The molecule has 0 N–H and O–H groups in total. The van der Waals surface area contributed by atoms with Gasteiger partial charge in [0, 0.05) is 6.54 Å². The molecule has 21 heavy (non-hydrogen) atoms. The average Bonchev–Trinajstić information content (AvgIpc) is 2.81. The van der Waals surface area contributed by atoms with Crippen LogP contribution in [0.5, 0.6) is 0 Å². The predicted octanol–water partition coefficient (Wildman–Crippen LogP) is 2.66. The van der Waals surface area contributed by atoms with Crippen LogP contribution in [0, 0.1) is 6.92 Å². The highest BCUT2D eigenvalue weighted by Crippen LogP contribution is 2.36. The second-order valence-electron chi connectivity index (χ2n) is 6.74. The largest absolute Gasteiger partial charge is 0.494 e. The SMILES string of the molecule is CCn1c(C)nc2cc(B3OC(C)(C)C(C)(C)O3)ccc21. The van der Waals surface area contributed by atoms with Crippen LogP contribution in [0.25, 0.3) is 11.0 Å². The van der Waals surface area contributed by atoms with Gasteiger partial charge < -0.3 is 13.9 Å². The third-order valence-electron chi connectivity index (χ3n) is 4.80. The molecule has 3 rings (SSSR count). The molecule has 0 atom stereocenters. The van der Waals surface area contributed by atoms with E-state index in [1.165, 1.54) is 0 Å². The van der Waals surface area contributed by atoms with E-state index in [0.717, 1.165) is 28.9 Å². The molecule has 0 bridgehead atoms. The van der Waals surface area contributed by atoms with Crippen molar-refractivity contribution in [3.05, 3.63) is 24.0 Å². The van der Waals surface area contributed by atoms with Crippen molar-refractivity contribution in [2.75, 3.05) is 0 Å². The highest BCUT2D eigenvalue weighted by Gasteiger charge is 2.51. The van der Waals surface area contributed by atoms with Crippen LogP contribution in [-0.4, -0.2) is 27.9 Å². The summed E-state index contributed by atoms with van der Waals surface area (Å²) < 4.78 is 14.4. The summed E-state index contributed by atoms with van der Waals surface area (Å²) in [5, 5.41) is 0. The van der Waals surface area contributed by atoms with E-state index in [0.29, 0.717) is 0 Å². The second-order valence-corrected chi connectivity index (χ2v) is 6.74. The number of aromatic nitrogens is 2. The molecule has 0 radical (unpaired) electrons. The van der Waals surface area contributed by atoms with Gasteiger partial charge in [0.15, 0.2) is 0 Å². The topological polar surface area (TPSA) is 36.3 Å². The Bertz CT molecular complexity index is 675. The highest BCUT2D eigenvalue weighted by molar-refractivity contribution is 6.62. The van der Waals surface area contributed by atoms with Crippen molar-refractivity contribution in [2.45, 2.75) is 59.3 Å². The first-order valence-corrected chi connectivity index (χ1v) is 7.57. The Kier molecular flexibility index (Phi) is 3.19. The van der Waals surface area contributed by atoms with Crippen molar-refractivity contribution in [1.29, 1.82) is 0 Å². The van der Waals surface area contributed by atoms with Crippen molar-refractivity contribution in [1.82, 2.24) is 9.55 Å². The summed E-state index contributed by atoms with van der Waals surface area (Å²) in [7, 11) is -0.327. The van der Waals surface area contributed by atoms with Gasteiger partial charge in [-0.05, 0) is 59.1 Å². The Labute approximate surface area is 126 Å². The van der Waals surface area contributed by atoms with Gasteiger partial charge in [0.2, 0.25) is 0 Å². The third kappa shape index (κ3) is 2.19. The van der Waals surface area contributed by atoms with Crippen LogP contribution in [0.3, 0.4) is 0 Å². The number of nitrogens with zero attached hydrogens (tertiary/aromatic N) is 2. The predicted molar refractivity (Wildman–Crippen MR) is 85.9 cm³/mol. The molecule has 4 nitrogen and oxygen atoms in total. The molecular formula is C16H23BN2O2. The van der Waals surface area contributed by atoms with Crippen molar-refractivity contribution in [2.24, 2.45) is 0 Å². The standard InChI is InChI=1S/C16H23BN2O2/c1-7-19-11(2)18-13-10-12(8-9-14(13)19)17-20-15(3,4)16(5,6)21-17/h8-10H,7H2,1-6H3. The summed E-state index contributed by atoms with van der Waals surface area (Å²) in [6, 6.07) is 6.27.